The standard InChI is InChI=1S/C36H32O4S2/c1-7-23(5)31(18-21(2)3)41-33-25-12-8-10-14-29(25)39-35(37)27(33)20-28-34(42-32-19-22(4)16-17-24(32)6)26-13-9-11-15-30(26)40-36(28)38/h7-19H,2,20H2,1,3-6H3/b23-7?,31-18+. The Labute approximate surface area is 253 Å². The van der Waals surface area contributed by atoms with Crippen LogP contribution in [-0.2, 0) is 6.42 Å². The molecule has 212 valence electrons. The van der Waals surface area contributed by atoms with Crippen LogP contribution in [0.3, 0.4) is 0 Å². The molecule has 3 aromatic carbocycles. The molecular formula is C36H32O4S2. The summed E-state index contributed by atoms with van der Waals surface area (Å²) in [5, 5.41) is 1.63. The molecule has 2 aromatic heterocycles. The van der Waals surface area contributed by atoms with Gasteiger partial charge in [0.1, 0.15) is 11.2 Å². The molecule has 0 amide bonds. The molecule has 0 bridgehead atoms. The Hall–Kier alpha value is -4.00. The maximum absolute atomic E-state index is 13.7. The molecule has 0 saturated carbocycles. The molecule has 0 atom stereocenters. The van der Waals surface area contributed by atoms with Crippen LogP contribution in [0.4, 0.5) is 0 Å². The molecule has 0 aliphatic carbocycles. The summed E-state index contributed by atoms with van der Waals surface area (Å²) in [5.41, 5.74) is 5.10. The fourth-order valence-electron chi connectivity index (χ4n) is 4.66. The Morgan fingerprint density at radius 3 is 2.00 bits per heavy atom. The highest BCUT2D eigenvalue weighted by atomic mass is 32.2. The van der Waals surface area contributed by atoms with Gasteiger partial charge in [0, 0.05) is 36.8 Å². The van der Waals surface area contributed by atoms with Crippen molar-refractivity contribution in [1.82, 2.24) is 0 Å². The van der Waals surface area contributed by atoms with E-state index in [1.165, 1.54) is 23.5 Å². The first kappa shape index (κ1) is 29.5. The SMILES string of the molecule is C=C(C)/C=C(/Sc1c(Cc2c(Sc3cc(C)ccc3C)c3ccccc3oc2=O)c(=O)oc2ccccc12)C(C)=CC. The molecule has 0 saturated heterocycles. The van der Waals surface area contributed by atoms with Gasteiger partial charge in [-0.05, 0) is 75.6 Å². The minimum Gasteiger partial charge on any atom is -0.422 e. The van der Waals surface area contributed by atoms with E-state index >= 15 is 0 Å². The first-order valence-corrected chi connectivity index (χ1v) is 15.3. The van der Waals surface area contributed by atoms with Gasteiger partial charge in [0.05, 0.1) is 11.1 Å². The summed E-state index contributed by atoms with van der Waals surface area (Å²) in [6, 6.07) is 21.3. The minimum absolute atomic E-state index is 0.0606. The summed E-state index contributed by atoms with van der Waals surface area (Å²) in [5.74, 6) is 0. The highest BCUT2D eigenvalue weighted by Gasteiger charge is 2.23. The van der Waals surface area contributed by atoms with E-state index in [2.05, 4.69) is 38.6 Å². The third-order valence-electron chi connectivity index (χ3n) is 7.03. The molecule has 4 nitrogen and oxygen atoms in total. The summed E-state index contributed by atoms with van der Waals surface area (Å²) in [6.45, 7) is 14.1. The molecule has 0 N–H and O–H groups in total. The van der Waals surface area contributed by atoms with E-state index in [4.69, 9.17) is 8.83 Å². The van der Waals surface area contributed by atoms with Crippen molar-refractivity contribution in [2.75, 3.05) is 0 Å². The van der Waals surface area contributed by atoms with E-state index < -0.39 is 11.3 Å². The van der Waals surface area contributed by atoms with Crippen molar-refractivity contribution in [2.24, 2.45) is 0 Å². The maximum Gasteiger partial charge on any atom is 0.340 e. The van der Waals surface area contributed by atoms with E-state index in [-0.39, 0.29) is 6.42 Å². The lowest BCUT2D eigenvalue weighted by molar-refractivity contribution is 0.536. The van der Waals surface area contributed by atoms with Crippen LogP contribution >= 0.6 is 23.5 Å². The quantitative estimate of drug-likeness (QED) is 0.102. The van der Waals surface area contributed by atoms with Gasteiger partial charge in [0.25, 0.3) is 0 Å². The van der Waals surface area contributed by atoms with E-state index in [0.717, 1.165) is 52.6 Å². The van der Waals surface area contributed by atoms with Gasteiger partial charge in [-0.25, -0.2) is 9.59 Å². The molecule has 0 unspecified atom stereocenters. The zero-order valence-electron chi connectivity index (χ0n) is 24.4. The summed E-state index contributed by atoms with van der Waals surface area (Å²) in [7, 11) is 0. The highest BCUT2D eigenvalue weighted by molar-refractivity contribution is 8.03. The lowest BCUT2D eigenvalue weighted by Crippen LogP contribution is -2.16. The zero-order valence-corrected chi connectivity index (χ0v) is 26.0. The van der Waals surface area contributed by atoms with Gasteiger partial charge in [0.2, 0.25) is 0 Å². The summed E-state index contributed by atoms with van der Waals surface area (Å²) in [4.78, 5) is 30.9. The summed E-state index contributed by atoms with van der Waals surface area (Å²) < 4.78 is 11.6. The average Bonchev–Trinajstić information content (AvgIpc) is 2.96. The van der Waals surface area contributed by atoms with Crippen molar-refractivity contribution in [3.63, 3.8) is 0 Å². The summed E-state index contributed by atoms with van der Waals surface area (Å²) >= 11 is 3.03. The average molecular weight is 593 g/mol. The molecule has 5 aromatic rings. The van der Waals surface area contributed by atoms with E-state index in [0.29, 0.717) is 22.3 Å². The van der Waals surface area contributed by atoms with Crippen LogP contribution in [0.2, 0.25) is 0 Å². The van der Waals surface area contributed by atoms with Crippen LogP contribution in [0.25, 0.3) is 21.9 Å². The van der Waals surface area contributed by atoms with Crippen molar-refractivity contribution in [1.29, 1.82) is 0 Å². The van der Waals surface area contributed by atoms with Crippen LogP contribution in [0.1, 0.15) is 43.0 Å². The predicted octanol–water partition coefficient (Wildman–Crippen LogP) is 9.78. The fraction of sp³-hybridized carbons (Fsp3) is 0.167. The minimum atomic E-state index is -0.473. The van der Waals surface area contributed by atoms with Crippen LogP contribution < -0.4 is 11.3 Å². The smallest absolute Gasteiger partial charge is 0.340 e. The molecular weight excluding hydrogens is 561 g/mol. The van der Waals surface area contributed by atoms with Gasteiger partial charge in [0.15, 0.2) is 0 Å². The third kappa shape index (κ3) is 6.10. The number of aryl methyl sites for hydroxylation is 2. The summed E-state index contributed by atoms with van der Waals surface area (Å²) in [6.07, 6.45) is 4.11. The molecule has 0 spiro atoms. The number of fused-ring (bicyclic) bond motifs is 2. The largest absolute Gasteiger partial charge is 0.422 e. The number of allylic oxidation sites excluding steroid dienone is 4. The molecule has 5 rings (SSSR count). The van der Waals surface area contributed by atoms with Crippen molar-refractivity contribution < 1.29 is 8.83 Å². The highest BCUT2D eigenvalue weighted by Crippen LogP contribution is 2.41. The van der Waals surface area contributed by atoms with Crippen molar-refractivity contribution in [3.05, 3.63) is 145 Å². The van der Waals surface area contributed by atoms with Gasteiger partial charge in [-0.2, -0.15) is 0 Å². The zero-order chi connectivity index (χ0) is 30.0. The normalized spacial score (nSPS) is 12.3. The molecule has 2 heterocycles. The lowest BCUT2D eigenvalue weighted by Gasteiger charge is -2.16. The number of hydrogen-bond acceptors (Lipinski definition) is 6. The molecule has 0 aliphatic heterocycles. The third-order valence-corrected chi connectivity index (χ3v) is 9.69. The fourth-order valence-corrected chi connectivity index (χ4v) is 7.23. The van der Waals surface area contributed by atoms with Crippen LogP contribution in [0.15, 0.2) is 135 Å². The maximum atomic E-state index is 13.7. The first-order chi connectivity index (χ1) is 20.2. The van der Waals surface area contributed by atoms with Gasteiger partial charge < -0.3 is 8.83 Å². The van der Waals surface area contributed by atoms with Crippen molar-refractivity contribution >= 4 is 45.5 Å². The number of rotatable bonds is 8. The second-order valence-corrected chi connectivity index (χ2v) is 12.5. The van der Waals surface area contributed by atoms with E-state index in [1.54, 1.807) is 12.1 Å². The molecule has 6 heteroatoms. The van der Waals surface area contributed by atoms with Gasteiger partial charge in [-0.15, -0.1) is 0 Å². The number of para-hydroxylation sites is 2. The Morgan fingerprint density at radius 2 is 1.40 bits per heavy atom. The van der Waals surface area contributed by atoms with Gasteiger partial charge in [-0.1, -0.05) is 90.3 Å². The number of thioether (sulfide) groups is 1. The molecule has 0 fully saturated rings. The Kier molecular flexibility index (Phi) is 8.76. The number of benzene rings is 3. The second kappa shape index (κ2) is 12.5. The topological polar surface area (TPSA) is 60.4 Å². The second-order valence-electron chi connectivity index (χ2n) is 10.4. The van der Waals surface area contributed by atoms with Gasteiger partial charge in [-0.3, -0.25) is 0 Å². The van der Waals surface area contributed by atoms with Crippen LogP contribution in [0, 0.1) is 13.8 Å². The van der Waals surface area contributed by atoms with E-state index in [9.17, 15) is 9.59 Å². The Bertz CT molecular complexity index is 2030. The molecule has 0 radical (unpaired) electrons. The molecule has 42 heavy (non-hydrogen) atoms. The Morgan fingerprint density at radius 1 is 0.833 bits per heavy atom. The van der Waals surface area contributed by atoms with Crippen LogP contribution in [0.5, 0.6) is 0 Å². The van der Waals surface area contributed by atoms with Crippen molar-refractivity contribution in [2.45, 2.75) is 55.7 Å². The Balaban J connectivity index is 1.76. The van der Waals surface area contributed by atoms with E-state index in [1.807, 2.05) is 69.3 Å². The van der Waals surface area contributed by atoms with Crippen LogP contribution in [-0.4, -0.2) is 0 Å². The first-order valence-electron chi connectivity index (χ1n) is 13.7. The predicted molar refractivity (Wildman–Crippen MR) is 176 cm³/mol. The molecule has 0 aliphatic rings. The number of hydrogen-bond donors (Lipinski definition) is 0. The monoisotopic (exact) mass is 592 g/mol. The lowest BCUT2D eigenvalue weighted by atomic mass is 10.0. The van der Waals surface area contributed by atoms with Gasteiger partial charge >= 0.3 is 11.3 Å². The van der Waals surface area contributed by atoms with Crippen molar-refractivity contribution in [3.8, 4) is 0 Å².